The van der Waals surface area contributed by atoms with Crippen LogP contribution in [0.15, 0.2) is 18.2 Å². The summed E-state index contributed by atoms with van der Waals surface area (Å²) >= 11 is 0. The van der Waals surface area contributed by atoms with Crippen molar-refractivity contribution in [3.63, 3.8) is 0 Å². The molecule has 1 aromatic carbocycles. The summed E-state index contributed by atoms with van der Waals surface area (Å²) in [4.78, 5) is 2.42. The number of aliphatic hydroxyl groups excluding tert-OH is 1. The summed E-state index contributed by atoms with van der Waals surface area (Å²) in [5.41, 5.74) is 0.893. The summed E-state index contributed by atoms with van der Waals surface area (Å²) in [5, 5.41) is 10.5. The van der Waals surface area contributed by atoms with Crippen molar-refractivity contribution in [1.82, 2.24) is 4.90 Å². The van der Waals surface area contributed by atoms with Crippen LogP contribution in [0, 0.1) is 0 Å². The highest BCUT2D eigenvalue weighted by Gasteiger charge is 2.14. The Hall–Kier alpha value is -1.26. The van der Waals surface area contributed by atoms with Gasteiger partial charge in [-0.25, -0.2) is 0 Å². The Labute approximate surface area is 141 Å². The van der Waals surface area contributed by atoms with Gasteiger partial charge in [0.1, 0.15) is 0 Å². The van der Waals surface area contributed by atoms with E-state index in [1.807, 2.05) is 32.0 Å². The van der Waals surface area contributed by atoms with E-state index in [9.17, 15) is 5.11 Å². The monoisotopic (exact) mass is 323 g/mol. The van der Waals surface area contributed by atoms with Crippen LogP contribution in [0.3, 0.4) is 0 Å². The molecule has 23 heavy (non-hydrogen) atoms. The SMILES string of the molecule is CCCN(CCC)CCC(O)c1ccc(OCC)c(OCC)c1. The lowest BCUT2D eigenvalue weighted by atomic mass is 10.1. The van der Waals surface area contributed by atoms with Crippen LogP contribution in [-0.4, -0.2) is 42.9 Å². The van der Waals surface area contributed by atoms with Crippen molar-refractivity contribution >= 4 is 0 Å². The fourth-order valence-corrected chi connectivity index (χ4v) is 2.71. The predicted molar refractivity (Wildman–Crippen MR) is 95.4 cm³/mol. The van der Waals surface area contributed by atoms with Gasteiger partial charge in [-0.15, -0.1) is 0 Å². The molecule has 0 spiro atoms. The quantitative estimate of drug-likeness (QED) is 0.630. The third-order valence-electron chi connectivity index (χ3n) is 3.75. The summed E-state index contributed by atoms with van der Waals surface area (Å²) in [6.45, 7) is 12.6. The van der Waals surface area contributed by atoms with Crippen molar-refractivity contribution in [2.24, 2.45) is 0 Å². The smallest absolute Gasteiger partial charge is 0.161 e. The van der Waals surface area contributed by atoms with E-state index in [-0.39, 0.29) is 0 Å². The molecule has 0 saturated carbocycles. The maximum Gasteiger partial charge on any atom is 0.161 e. The molecule has 1 N–H and O–H groups in total. The van der Waals surface area contributed by atoms with Crippen LogP contribution in [0.25, 0.3) is 0 Å². The Morgan fingerprint density at radius 1 is 0.913 bits per heavy atom. The molecule has 132 valence electrons. The average Bonchev–Trinajstić information content (AvgIpc) is 2.55. The Balaban J connectivity index is 2.70. The highest BCUT2D eigenvalue weighted by Crippen LogP contribution is 2.31. The van der Waals surface area contributed by atoms with E-state index in [4.69, 9.17) is 9.47 Å². The summed E-state index contributed by atoms with van der Waals surface area (Å²) in [6, 6.07) is 5.73. The standard InChI is InChI=1S/C19H33NO3/c1-5-12-20(13-6-2)14-11-17(21)16-9-10-18(22-7-3)19(15-16)23-8-4/h9-10,15,17,21H,5-8,11-14H2,1-4H3. The molecule has 1 unspecified atom stereocenters. The van der Waals surface area contributed by atoms with Crippen LogP contribution >= 0.6 is 0 Å². The molecule has 0 fully saturated rings. The van der Waals surface area contributed by atoms with E-state index >= 15 is 0 Å². The van der Waals surface area contributed by atoms with Gasteiger partial charge in [-0.1, -0.05) is 19.9 Å². The molecule has 0 aliphatic heterocycles. The Bertz CT molecular complexity index is 431. The number of hydrogen-bond acceptors (Lipinski definition) is 4. The molecule has 0 aliphatic rings. The summed E-state index contributed by atoms with van der Waals surface area (Å²) in [5.74, 6) is 1.45. The second-order valence-electron chi connectivity index (χ2n) is 5.72. The van der Waals surface area contributed by atoms with Gasteiger partial charge in [0.15, 0.2) is 11.5 Å². The van der Waals surface area contributed by atoms with E-state index in [0.717, 1.165) is 50.2 Å². The number of ether oxygens (including phenoxy) is 2. The van der Waals surface area contributed by atoms with E-state index in [1.54, 1.807) is 0 Å². The molecule has 0 aromatic heterocycles. The van der Waals surface area contributed by atoms with Crippen molar-refractivity contribution < 1.29 is 14.6 Å². The van der Waals surface area contributed by atoms with Gasteiger partial charge in [0, 0.05) is 6.54 Å². The van der Waals surface area contributed by atoms with Gasteiger partial charge >= 0.3 is 0 Å². The third kappa shape index (κ3) is 6.80. The second-order valence-corrected chi connectivity index (χ2v) is 5.72. The van der Waals surface area contributed by atoms with Gasteiger partial charge in [0.2, 0.25) is 0 Å². The first-order chi connectivity index (χ1) is 11.2. The molecular weight excluding hydrogens is 290 g/mol. The Kier molecular flexibility index (Phi) is 9.72. The van der Waals surface area contributed by atoms with Gasteiger partial charge in [0.25, 0.3) is 0 Å². The minimum atomic E-state index is -0.471. The molecule has 1 rings (SSSR count). The van der Waals surface area contributed by atoms with Gasteiger partial charge in [-0.3, -0.25) is 0 Å². The molecule has 1 aromatic rings. The topological polar surface area (TPSA) is 41.9 Å². The van der Waals surface area contributed by atoms with Crippen molar-refractivity contribution in [3.8, 4) is 11.5 Å². The first-order valence-electron chi connectivity index (χ1n) is 8.96. The number of nitrogens with zero attached hydrogens (tertiary/aromatic N) is 1. The first-order valence-corrected chi connectivity index (χ1v) is 8.96. The van der Waals surface area contributed by atoms with Gasteiger partial charge in [-0.2, -0.15) is 0 Å². The minimum Gasteiger partial charge on any atom is -0.490 e. The Morgan fingerprint density at radius 2 is 1.52 bits per heavy atom. The summed E-state index contributed by atoms with van der Waals surface area (Å²) in [6.07, 6.45) is 2.56. The fourth-order valence-electron chi connectivity index (χ4n) is 2.71. The lowest BCUT2D eigenvalue weighted by Gasteiger charge is -2.23. The van der Waals surface area contributed by atoms with Gasteiger partial charge < -0.3 is 19.5 Å². The molecule has 1 atom stereocenters. The van der Waals surface area contributed by atoms with Gasteiger partial charge in [-0.05, 0) is 63.9 Å². The van der Waals surface area contributed by atoms with Crippen molar-refractivity contribution in [1.29, 1.82) is 0 Å². The zero-order valence-corrected chi connectivity index (χ0v) is 15.2. The molecule has 0 aliphatic carbocycles. The molecule has 0 heterocycles. The zero-order chi connectivity index (χ0) is 17.1. The average molecular weight is 323 g/mol. The zero-order valence-electron chi connectivity index (χ0n) is 15.2. The van der Waals surface area contributed by atoms with Crippen molar-refractivity contribution in [2.75, 3.05) is 32.8 Å². The number of hydrogen-bond donors (Lipinski definition) is 1. The van der Waals surface area contributed by atoms with Gasteiger partial charge in [0.05, 0.1) is 19.3 Å². The maximum absolute atomic E-state index is 10.5. The lowest BCUT2D eigenvalue weighted by Crippen LogP contribution is -2.27. The van der Waals surface area contributed by atoms with Crippen molar-refractivity contribution in [2.45, 2.75) is 53.1 Å². The van der Waals surface area contributed by atoms with Crippen LogP contribution in [0.1, 0.15) is 58.6 Å². The minimum absolute atomic E-state index is 0.471. The predicted octanol–water partition coefficient (Wildman–Crippen LogP) is 4.03. The maximum atomic E-state index is 10.5. The van der Waals surface area contributed by atoms with E-state index in [0.29, 0.717) is 19.0 Å². The molecule has 0 saturated heterocycles. The summed E-state index contributed by atoms with van der Waals surface area (Å²) in [7, 11) is 0. The van der Waals surface area contributed by atoms with Crippen LogP contribution in [0.5, 0.6) is 11.5 Å². The molecule has 0 radical (unpaired) electrons. The summed E-state index contributed by atoms with van der Waals surface area (Å²) < 4.78 is 11.2. The highest BCUT2D eigenvalue weighted by atomic mass is 16.5. The van der Waals surface area contributed by atoms with E-state index < -0.39 is 6.10 Å². The highest BCUT2D eigenvalue weighted by molar-refractivity contribution is 5.43. The Morgan fingerprint density at radius 3 is 2.09 bits per heavy atom. The molecule has 4 heteroatoms. The fraction of sp³-hybridized carbons (Fsp3) is 0.684. The van der Waals surface area contributed by atoms with Crippen molar-refractivity contribution in [3.05, 3.63) is 23.8 Å². The number of benzene rings is 1. The van der Waals surface area contributed by atoms with E-state index in [1.165, 1.54) is 0 Å². The first kappa shape index (κ1) is 19.8. The van der Waals surface area contributed by atoms with Crippen LogP contribution < -0.4 is 9.47 Å². The molecular formula is C19H33NO3. The molecule has 4 nitrogen and oxygen atoms in total. The molecule has 0 amide bonds. The number of rotatable bonds is 12. The van der Waals surface area contributed by atoms with Crippen LogP contribution in [0.2, 0.25) is 0 Å². The van der Waals surface area contributed by atoms with E-state index in [2.05, 4.69) is 18.7 Å². The normalized spacial score (nSPS) is 12.4. The number of aliphatic hydroxyl groups is 1. The molecule has 0 bridgehead atoms. The lowest BCUT2D eigenvalue weighted by molar-refractivity contribution is 0.141. The third-order valence-corrected chi connectivity index (χ3v) is 3.75. The second kappa shape index (κ2) is 11.3. The van der Waals surface area contributed by atoms with Crippen LogP contribution in [-0.2, 0) is 0 Å². The van der Waals surface area contributed by atoms with Crippen LogP contribution in [0.4, 0.5) is 0 Å². The largest absolute Gasteiger partial charge is 0.490 e.